The molecule has 1 aromatic rings. The Morgan fingerprint density at radius 1 is 1.35 bits per heavy atom. The standard InChI is InChI=1S/C14H18Cl3NO2/c1-9-7-11(19-6-4-13(16)17)8-12(15)14(9)20-5-3-10(2)18/h4,7-8,10H,3,5-6,18H2,1-2H3. The van der Waals surface area contributed by atoms with Gasteiger partial charge < -0.3 is 15.2 Å². The highest BCUT2D eigenvalue weighted by atomic mass is 35.5. The van der Waals surface area contributed by atoms with Gasteiger partial charge in [0.05, 0.1) is 11.6 Å². The van der Waals surface area contributed by atoms with Crippen molar-refractivity contribution in [3.05, 3.63) is 33.3 Å². The molecule has 0 aromatic heterocycles. The maximum atomic E-state index is 6.19. The first-order valence-electron chi connectivity index (χ1n) is 6.22. The Morgan fingerprint density at radius 2 is 2.05 bits per heavy atom. The number of hydrogen-bond acceptors (Lipinski definition) is 3. The van der Waals surface area contributed by atoms with Gasteiger partial charge in [0.1, 0.15) is 22.6 Å². The molecule has 0 amide bonds. The maximum Gasteiger partial charge on any atom is 0.141 e. The number of ether oxygens (including phenoxy) is 2. The van der Waals surface area contributed by atoms with Crippen LogP contribution in [0.3, 0.4) is 0 Å². The van der Waals surface area contributed by atoms with E-state index in [0.717, 1.165) is 12.0 Å². The lowest BCUT2D eigenvalue weighted by molar-refractivity contribution is 0.298. The predicted molar refractivity (Wildman–Crippen MR) is 85.2 cm³/mol. The molecule has 0 heterocycles. The first-order valence-corrected chi connectivity index (χ1v) is 7.36. The molecular weight excluding hydrogens is 321 g/mol. The third-order valence-electron chi connectivity index (χ3n) is 2.51. The summed E-state index contributed by atoms with van der Waals surface area (Å²) in [5.74, 6) is 1.29. The molecule has 0 radical (unpaired) electrons. The van der Waals surface area contributed by atoms with Gasteiger partial charge in [-0.15, -0.1) is 0 Å². The average Bonchev–Trinajstić information content (AvgIpc) is 2.32. The highest BCUT2D eigenvalue weighted by molar-refractivity contribution is 6.55. The zero-order chi connectivity index (χ0) is 15.1. The van der Waals surface area contributed by atoms with Crippen molar-refractivity contribution in [1.29, 1.82) is 0 Å². The van der Waals surface area contributed by atoms with Gasteiger partial charge in [0.2, 0.25) is 0 Å². The largest absolute Gasteiger partial charge is 0.492 e. The molecule has 0 bridgehead atoms. The number of aryl methyl sites for hydroxylation is 1. The molecule has 1 atom stereocenters. The van der Waals surface area contributed by atoms with E-state index in [4.69, 9.17) is 50.0 Å². The Bertz CT molecular complexity index is 448. The molecule has 0 saturated carbocycles. The van der Waals surface area contributed by atoms with Crippen LogP contribution in [0, 0.1) is 6.92 Å². The number of rotatable bonds is 7. The minimum Gasteiger partial charge on any atom is -0.492 e. The summed E-state index contributed by atoms with van der Waals surface area (Å²) in [5, 5.41) is 0.505. The summed E-state index contributed by atoms with van der Waals surface area (Å²) < 4.78 is 11.3. The van der Waals surface area contributed by atoms with Crippen LogP contribution in [0.25, 0.3) is 0 Å². The van der Waals surface area contributed by atoms with E-state index in [0.29, 0.717) is 23.1 Å². The quantitative estimate of drug-likeness (QED) is 0.798. The summed E-state index contributed by atoms with van der Waals surface area (Å²) >= 11 is 17.2. The average molecular weight is 339 g/mol. The van der Waals surface area contributed by atoms with Gasteiger partial charge in [-0.1, -0.05) is 34.8 Å². The van der Waals surface area contributed by atoms with Gasteiger partial charge in [0, 0.05) is 12.1 Å². The molecule has 3 nitrogen and oxygen atoms in total. The summed E-state index contributed by atoms with van der Waals surface area (Å²) in [7, 11) is 0. The van der Waals surface area contributed by atoms with Crippen LogP contribution >= 0.6 is 34.8 Å². The summed E-state index contributed by atoms with van der Waals surface area (Å²) in [6.45, 7) is 4.65. The molecule has 0 aliphatic rings. The third-order valence-corrected chi connectivity index (χ3v) is 3.10. The molecule has 2 N–H and O–H groups in total. The Hall–Kier alpha value is -0.610. The summed E-state index contributed by atoms with van der Waals surface area (Å²) in [5.41, 5.74) is 6.58. The van der Waals surface area contributed by atoms with Crippen LogP contribution in [-0.2, 0) is 0 Å². The lowest BCUT2D eigenvalue weighted by atomic mass is 10.2. The van der Waals surface area contributed by atoms with Gasteiger partial charge in [-0.3, -0.25) is 0 Å². The topological polar surface area (TPSA) is 44.5 Å². The zero-order valence-corrected chi connectivity index (χ0v) is 13.7. The molecule has 0 aliphatic heterocycles. The van der Waals surface area contributed by atoms with Crippen molar-refractivity contribution < 1.29 is 9.47 Å². The van der Waals surface area contributed by atoms with Gasteiger partial charge in [0.25, 0.3) is 0 Å². The Kier molecular flexibility index (Phi) is 7.52. The minimum absolute atomic E-state index is 0.101. The Morgan fingerprint density at radius 3 is 2.60 bits per heavy atom. The molecule has 1 aromatic carbocycles. The second kappa shape index (κ2) is 8.63. The SMILES string of the molecule is Cc1cc(OCC=C(Cl)Cl)cc(Cl)c1OCCC(C)N. The maximum absolute atomic E-state index is 6.19. The lowest BCUT2D eigenvalue weighted by Crippen LogP contribution is -2.18. The number of benzene rings is 1. The summed E-state index contributed by atoms with van der Waals surface area (Å²) in [4.78, 5) is 0. The van der Waals surface area contributed by atoms with Gasteiger partial charge >= 0.3 is 0 Å². The van der Waals surface area contributed by atoms with E-state index in [2.05, 4.69) is 0 Å². The molecule has 0 fully saturated rings. The van der Waals surface area contributed by atoms with E-state index in [1.165, 1.54) is 0 Å². The van der Waals surface area contributed by atoms with Crippen molar-refractivity contribution in [1.82, 2.24) is 0 Å². The third kappa shape index (κ3) is 6.23. The smallest absolute Gasteiger partial charge is 0.141 e. The second-order valence-corrected chi connectivity index (χ2v) is 5.89. The van der Waals surface area contributed by atoms with Crippen LogP contribution in [0.2, 0.25) is 5.02 Å². The fourth-order valence-electron chi connectivity index (χ4n) is 1.51. The van der Waals surface area contributed by atoms with Crippen molar-refractivity contribution in [2.45, 2.75) is 26.3 Å². The molecule has 0 spiro atoms. The van der Waals surface area contributed by atoms with Crippen LogP contribution in [0.4, 0.5) is 0 Å². The molecule has 1 rings (SSSR count). The summed E-state index contributed by atoms with van der Waals surface area (Å²) in [6.07, 6.45) is 2.33. The zero-order valence-electron chi connectivity index (χ0n) is 11.5. The van der Waals surface area contributed by atoms with E-state index < -0.39 is 0 Å². The molecule has 0 saturated heterocycles. The molecule has 112 valence electrons. The molecule has 0 aliphatic carbocycles. The first kappa shape index (κ1) is 17.4. The fraction of sp³-hybridized carbons (Fsp3) is 0.429. The van der Waals surface area contributed by atoms with E-state index in [-0.39, 0.29) is 17.1 Å². The van der Waals surface area contributed by atoms with Crippen LogP contribution in [0.1, 0.15) is 18.9 Å². The lowest BCUT2D eigenvalue weighted by Gasteiger charge is -2.14. The normalized spacial score (nSPS) is 11.9. The number of nitrogens with two attached hydrogens (primary N) is 1. The fourth-order valence-corrected chi connectivity index (χ4v) is 1.95. The van der Waals surface area contributed by atoms with Crippen molar-refractivity contribution in [3.63, 3.8) is 0 Å². The van der Waals surface area contributed by atoms with Crippen molar-refractivity contribution in [2.24, 2.45) is 5.73 Å². The van der Waals surface area contributed by atoms with Crippen LogP contribution in [0.5, 0.6) is 11.5 Å². The van der Waals surface area contributed by atoms with Crippen LogP contribution < -0.4 is 15.2 Å². The predicted octanol–water partition coefficient (Wildman–Crippen LogP) is 4.46. The highest BCUT2D eigenvalue weighted by Crippen LogP contribution is 2.33. The molecule has 6 heteroatoms. The Labute approximate surface area is 134 Å². The van der Waals surface area contributed by atoms with E-state index >= 15 is 0 Å². The first-order chi connectivity index (χ1) is 9.40. The minimum atomic E-state index is 0.101. The monoisotopic (exact) mass is 337 g/mol. The van der Waals surface area contributed by atoms with Gasteiger partial charge in [-0.25, -0.2) is 0 Å². The van der Waals surface area contributed by atoms with Gasteiger partial charge in [-0.2, -0.15) is 0 Å². The number of hydrogen-bond donors (Lipinski definition) is 1. The number of halogens is 3. The van der Waals surface area contributed by atoms with Crippen molar-refractivity contribution in [3.8, 4) is 11.5 Å². The molecular formula is C14H18Cl3NO2. The van der Waals surface area contributed by atoms with Crippen molar-refractivity contribution >= 4 is 34.8 Å². The van der Waals surface area contributed by atoms with Crippen molar-refractivity contribution in [2.75, 3.05) is 13.2 Å². The second-order valence-electron chi connectivity index (χ2n) is 4.47. The van der Waals surface area contributed by atoms with Crippen LogP contribution in [0.15, 0.2) is 22.7 Å². The van der Waals surface area contributed by atoms with E-state index in [1.54, 1.807) is 12.1 Å². The van der Waals surface area contributed by atoms with E-state index in [1.807, 2.05) is 19.9 Å². The van der Waals surface area contributed by atoms with E-state index in [9.17, 15) is 0 Å². The van der Waals surface area contributed by atoms with Crippen LogP contribution in [-0.4, -0.2) is 19.3 Å². The van der Waals surface area contributed by atoms with Gasteiger partial charge in [0.15, 0.2) is 0 Å². The molecule has 20 heavy (non-hydrogen) atoms. The summed E-state index contributed by atoms with van der Waals surface area (Å²) in [6, 6.07) is 3.65. The van der Waals surface area contributed by atoms with Gasteiger partial charge in [-0.05, 0) is 38.0 Å². The Balaban J connectivity index is 2.68. The highest BCUT2D eigenvalue weighted by Gasteiger charge is 2.09. The molecule has 1 unspecified atom stereocenters.